The van der Waals surface area contributed by atoms with Crippen molar-refractivity contribution < 1.29 is 14.1 Å². The number of hydrogen-bond donors (Lipinski definition) is 2. The second kappa shape index (κ2) is 4.92. The highest BCUT2D eigenvalue weighted by Crippen LogP contribution is 2.32. The van der Waals surface area contributed by atoms with E-state index in [4.69, 9.17) is 0 Å². The molecule has 0 saturated heterocycles. The quantitative estimate of drug-likeness (QED) is 0.692. The normalized spacial score (nSPS) is 17.7. The van der Waals surface area contributed by atoms with E-state index in [1.165, 1.54) is 22.6 Å². The fourth-order valence-electron chi connectivity index (χ4n) is 3.47. The maximum absolute atomic E-state index is 14.2. The molecule has 4 heteroatoms. The molecule has 0 saturated carbocycles. The summed E-state index contributed by atoms with van der Waals surface area (Å²) in [6.07, 6.45) is 0.956. The minimum atomic E-state index is -0.537. The molecule has 3 N–H and O–H groups in total. The third kappa shape index (κ3) is 2.03. The molecule has 2 heterocycles. The van der Waals surface area contributed by atoms with E-state index < -0.39 is 11.6 Å². The Hall–Kier alpha value is -2.20. The number of quaternary nitrogens is 1. The van der Waals surface area contributed by atoms with Crippen LogP contribution in [0.3, 0.4) is 0 Å². The second-order valence-electron chi connectivity index (χ2n) is 5.98. The first-order valence-electron chi connectivity index (χ1n) is 7.53. The third-order valence-corrected chi connectivity index (χ3v) is 4.50. The van der Waals surface area contributed by atoms with Crippen LogP contribution in [0.15, 0.2) is 36.4 Å². The summed E-state index contributed by atoms with van der Waals surface area (Å²) >= 11 is 0. The van der Waals surface area contributed by atoms with Crippen molar-refractivity contribution in [2.24, 2.45) is 0 Å². The van der Waals surface area contributed by atoms with Crippen LogP contribution in [0.4, 0.5) is 8.78 Å². The Kier molecular flexibility index (Phi) is 3.01. The van der Waals surface area contributed by atoms with E-state index in [1.54, 1.807) is 6.07 Å². The number of aromatic nitrogens is 1. The van der Waals surface area contributed by atoms with Gasteiger partial charge in [-0.3, -0.25) is 0 Å². The van der Waals surface area contributed by atoms with E-state index in [9.17, 15) is 8.78 Å². The number of hydrogen-bond acceptors (Lipinski definition) is 0. The van der Waals surface area contributed by atoms with Gasteiger partial charge >= 0.3 is 0 Å². The largest absolute Gasteiger partial charge is 0.353 e. The van der Waals surface area contributed by atoms with Gasteiger partial charge in [-0.25, -0.2) is 8.78 Å². The number of nitrogens with two attached hydrogens (primary N) is 1. The van der Waals surface area contributed by atoms with Crippen molar-refractivity contribution in [1.82, 2.24) is 4.98 Å². The fraction of sp³-hybridized carbons (Fsp3) is 0.222. The molecular formula is C18H17F2N2+. The lowest BCUT2D eigenvalue weighted by Gasteiger charge is -2.21. The van der Waals surface area contributed by atoms with Gasteiger partial charge < -0.3 is 10.3 Å². The van der Waals surface area contributed by atoms with Gasteiger partial charge in [-0.15, -0.1) is 0 Å². The molecule has 1 atom stereocenters. The zero-order valence-electron chi connectivity index (χ0n) is 12.3. The van der Waals surface area contributed by atoms with Crippen LogP contribution < -0.4 is 5.32 Å². The summed E-state index contributed by atoms with van der Waals surface area (Å²) in [5.41, 5.74) is 5.13. The average molecular weight is 299 g/mol. The molecule has 0 aliphatic carbocycles. The number of aromatic amines is 1. The van der Waals surface area contributed by atoms with E-state index in [0.717, 1.165) is 30.2 Å². The van der Waals surface area contributed by atoms with Gasteiger partial charge in [0.2, 0.25) is 0 Å². The Labute approximate surface area is 127 Å². The first-order valence-corrected chi connectivity index (χ1v) is 7.53. The Morgan fingerprint density at radius 3 is 2.82 bits per heavy atom. The molecule has 0 spiro atoms. The highest BCUT2D eigenvalue weighted by atomic mass is 19.1. The number of aryl methyl sites for hydroxylation is 1. The molecule has 0 amide bonds. The molecule has 0 fully saturated rings. The summed E-state index contributed by atoms with van der Waals surface area (Å²) in [6, 6.07) is 10.0. The molecule has 1 aromatic heterocycles. The Morgan fingerprint density at radius 2 is 2.00 bits per heavy atom. The van der Waals surface area contributed by atoms with Gasteiger partial charge in [-0.2, -0.15) is 0 Å². The molecule has 3 aromatic rings. The summed E-state index contributed by atoms with van der Waals surface area (Å²) in [7, 11) is 0. The number of H-pyrrole nitrogens is 1. The second-order valence-corrected chi connectivity index (χ2v) is 5.98. The number of benzene rings is 2. The zero-order chi connectivity index (χ0) is 15.3. The van der Waals surface area contributed by atoms with Crippen LogP contribution in [0.5, 0.6) is 0 Å². The number of fused-ring (bicyclic) bond motifs is 3. The minimum Gasteiger partial charge on any atom is -0.353 e. The van der Waals surface area contributed by atoms with Crippen LogP contribution in [-0.4, -0.2) is 11.5 Å². The summed E-state index contributed by atoms with van der Waals surface area (Å²) in [6.45, 7) is 2.97. The fourth-order valence-corrected chi connectivity index (χ4v) is 3.47. The van der Waals surface area contributed by atoms with E-state index in [1.807, 2.05) is 0 Å². The summed E-state index contributed by atoms with van der Waals surface area (Å²) in [4.78, 5) is 3.44. The molecule has 2 nitrogen and oxygen atoms in total. The predicted molar refractivity (Wildman–Crippen MR) is 81.7 cm³/mol. The number of nitrogens with one attached hydrogen (secondary N) is 1. The molecule has 0 bridgehead atoms. The third-order valence-electron chi connectivity index (χ3n) is 4.50. The SMILES string of the molecule is Cc1ccc2[nH]c3c(c2c1)CC[NH2+][C@H]3c1ccc(F)cc1F. The van der Waals surface area contributed by atoms with Crippen molar-refractivity contribution in [2.45, 2.75) is 19.4 Å². The number of halogens is 2. The molecule has 0 radical (unpaired) electrons. The predicted octanol–water partition coefficient (Wildman–Crippen LogP) is 2.96. The van der Waals surface area contributed by atoms with E-state index >= 15 is 0 Å². The summed E-state index contributed by atoms with van der Waals surface area (Å²) in [5, 5.41) is 3.33. The Morgan fingerprint density at radius 1 is 1.14 bits per heavy atom. The van der Waals surface area contributed by atoms with Gasteiger partial charge in [0, 0.05) is 23.4 Å². The molecule has 112 valence electrons. The van der Waals surface area contributed by atoms with Gasteiger partial charge in [0.1, 0.15) is 11.6 Å². The highest BCUT2D eigenvalue weighted by Gasteiger charge is 2.30. The van der Waals surface area contributed by atoms with Crippen molar-refractivity contribution >= 4 is 10.9 Å². The van der Waals surface area contributed by atoms with Crippen molar-refractivity contribution in [1.29, 1.82) is 0 Å². The lowest BCUT2D eigenvalue weighted by atomic mass is 9.94. The van der Waals surface area contributed by atoms with E-state index in [-0.39, 0.29) is 6.04 Å². The van der Waals surface area contributed by atoms with Crippen LogP contribution in [0.25, 0.3) is 10.9 Å². The minimum absolute atomic E-state index is 0.142. The maximum Gasteiger partial charge on any atom is 0.155 e. The van der Waals surface area contributed by atoms with Gasteiger partial charge in [0.05, 0.1) is 17.8 Å². The molecule has 2 aromatic carbocycles. The van der Waals surface area contributed by atoms with E-state index in [0.29, 0.717) is 5.56 Å². The number of rotatable bonds is 1. The van der Waals surface area contributed by atoms with Crippen LogP contribution in [0.2, 0.25) is 0 Å². The van der Waals surface area contributed by atoms with Crippen molar-refractivity contribution in [3.05, 3.63) is 70.4 Å². The first-order chi connectivity index (χ1) is 10.6. The van der Waals surface area contributed by atoms with E-state index in [2.05, 4.69) is 35.4 Å². The standard InChI is InChI=1S/C18H16F2N2/c1-10-2-5-16-14(8-10)12-6-7-21-17(18(12)22-16)13-4-3-11(19)9-15(13)20/h2-5,8-9,17,21-22H,6-7H2,1H3/p+1/t17-/m0/s1. The maximum atomic E-state index is 14.2. The van der Waals surface area contributed by atoms with Crippen molar-refractivity contribution in [3.8, 4) is 0 Å². The Bertz CT molecular complexity index is 867. The monoisotopic (exact) mass is 299 g/mol. The highest BCUT2D eigenvalue weighted by molar-refractivity contribution is 5.85. The molecular weight excluding hydrogens is 282 g/mol. The smallest absolute Gasteiger partial charge is 0.155 e. The van der Waals surface area contributed by atoms with Crippen molar-refractivity contribution in [3.63, 3.8) is 0 Å². The van der Waals surface area contributed by atoms with Gasteiger partial charge in [-0.05, 0) is 36.8 Å². The van der Waals surface area contributed by atoms with Gasteiger partial charge in [0.15, 0.2) is 6.04 Å². The molecule has 1 aliphatic rings. The van der Waals surface area contributed by atoms with Gasteiger partial charge in [0.25, 0.3) is 0 Å². The lowest BCUT2D eigenvalue weighted by Crippen LogP contribution is -2.87. The molecule has 22 heavy (non-hydrogen) atoms. The zero-order valence-corrected chi connectivity index (χ0v) is 12.3. The van der Waals surface area contributed by atoms with Crippen LogP contribution in [0.1, 0.15) is 28.4 Å². The molecule has 4 rings (SSSR count). The summed E-state index contributed by atoms with van der Waals surface area (Å²) < 4.78 is 27.3. The van der Waals surface area contributed by atoms with Crippen LogP contribution in [0, 0.1) is 18.6 Å². The summed E-state index contributed by atoms with van der Waals surface area (Å²) in [5.74, 6) is -1.02. The molecule has 0 unspecified atom stereocenters. The first kappa shape index (κ1) is 13.5. The topological polar surface area (TPSA) is 32.4 Å². The van der Waals surface area contributed by atoms with Crippen LogP contribution in [-0.2, 0) is 6.42 Å². The molecule has 1 aliphatic heterocycles. The Balaban J connectivity index is 1.90. The van der Waals surface area contributed by atoms with Gasteiger partial charge in [-0.1, -0.05) is 11.6 Å². The lowest BCUT2D eigenvalue weighted by molar-refractivity contribution is -0.690. The van der Waals surface area contributed by atoms with Crippen LogP contribution >= 0.6 is 0 Å². The average Bonchev–Trinajstić information content (AvgIpc) is 2.85. The van der Waals surface area contributed by atoms with Crippen molar-refractivity contribution in [2.75, 3.05) is 6.54 Å².